The zero-order valence-corrected chi connectivity index (χ0v) is 10.4. The third-order valence-corrected chi connectivity index (χ3v) is 2.77. The number of hydrogen-bond donors (Lipinski definition) is 1. The summed E-state index contributed by atoms with van der Waals surface area (Å²) in [5.41, 5.74) is 6.53. The molecule has 1 atom stereocenters. The molecule has 0 aliphatic heterocycles. The standard InChI is InChI=1S/C11H13Cl2NO2/c1-2-16-11(15)10(14)6-7-3-4-8(12)9(13)5-7/h3-5,10H,2,6,14H2,1H3/t10-/m0/s1. The average molecular weight is 262 g/mol. The normalized spacial score (nSPS) is 12.2. The van der Waals surface area contributed by atoms with Crippen LogP contribution < -0.4 is 5.73 Å². The maximum Gasteiger partial charge on any atom is 0.323 e. The zero-order valence-electron chi connectivity index (χ0n) is 8.87. The Morgan fingerprint density at radius 3 is 2.69 bits per heavy atom. The van der Waals surface area contributed by atoms with Crippen LogP contribution in [0.25, 0.3) is 0 Å². The fraction of sp³-hybridized carbons (Fsp3) is 0.364. The highest BCUT2D eigenvalue weighted by Crippen LogP contribution is 2.23. The molecule has 16 heavy (non-hydrogen) atoms. The highest BCUT2D eigenvalue weighted by Gasteiger charge is 2.15. The minimum absolute atomic E-state index is 0.327. The highest BCUT2D eigenvalue weighted by atomic mass is 35.5. The summed E-state index contributed by atoms with van der Waals surface area (Å²) in [6, 6.07) is 4.49. The quantitative estimate of drug-likeness (QED) is 0.848. The van der Waals surface area contributed by atoms with Crippen LogP contribution in [0, 0.1) is 0 Å². The van der Waals surface area contributed by atoms with E-state index in [9.17, 15) is 4.79 Å². The second-order valence-corrected chi connectivity index (χ2v) is 4.13. The number of benzene rings is 1. The van der Waals surface area contributed by atoms with Crippen molar-refractivity contribution in [3.8, 4) is 0 Å². The Kier molecular flexibility index (Phi) is 5.06. The topological polar surface area (TPSA) is 52.3 Å². The van der Waals surface area contributed by atoms with E-state index in [2.05, 4.69) is 0 Å². The Labute approximate surface area is 104 Å². The largest absolute Gasteiger partial charge is 0.465 e. The van der Waals surface area contributed by atoms with Gasteiger partial charge in [-0.3, -0.25) is 4.79 Å². The summed E-state index contributed by atoms with van der Waals surface area (Å²) in [6.07, 6.45) is 0.385. The second kappa shape index (κ2) is 6.09. The van der Waals surface area contributed by atoms with E-state index in [0.717, 1.165) is 5.56 Å². The van der Waals surface area contributed by atoms with E-state index < -0.39 is 12.0 Å². The van der Waals surface area contributed by atoms with Gasteiger partial charge in [0, 0.05) is 0 Å². The van der Waals surface area contributed by atoms with E-state index in [4.69, 9.17) is 33.7 Å². The first-order valence-corrected chi connectivity index (χ1v) is 5.66. The summed E-state index contributed by atoms with van der Waals surface area (Å²) >= 11 is 11.6. The van der Waals surface area contributed by atoms with Crippen LogP contribution >= 0.6 is 23.2 Å². The molecule has 0 bridgehead atoms. The molecule has 0 aliphatic rings. The van der Waals surface area contributed by atoms with E-state index in [1.807, 2.05) is 0 Å². The van der Waals surface area contributed by atoms with Gasteiger partial charge >= 0.3 is 5.97 Å². The molecular weight excluding hydrogens is 249 g/mol. The number of hydrogen-bond acceptors (Lipinski definition) is 3. The van der Waals surface area contributed by atoms with Crippen LogP contribution in [0.2, 0.25) is 10.0 Å². The van der Waals surface area contributed by atoms with Gasteiger partial charge < -0.3 is 10.5 Å². The molecule has 0 heterocycles. The van der Waals surface area contributed by atoms with Gasteiger partial charge in [0.25, 0.3) is 0 Å². The fourth-order valence-electron chi connectivity index (χ4n) is 1.25. The van der Waals surface area contributed by atoms with Crippen molar-refractivity contribution in [1.29, 1.82) is 0 Å². The van der Waals surface area contributed by atoms with E-state index in [0.29, 0.717) is 23.1 Å². The molecule has 88 valence electrons. The maximum absolute atomic E-state index is 11.3. The van der Waals surface area contributed by atoms with E-state index in [1.54, 1.807) is 25.1 Å². The van der Waals surface area contributed by atoms with Gasteiger partial charge in [-0.2, -0.15) is 0 Å². The average Bonchev–Trinajstić information content (AvgIpc) is 2.24. The number of rotatable bonds is 4. The van der Waals surface area contributed by atoms with E-state index >= 15 is 0 Å². The van der Waals surface area contributed by atoms with Crippen LogP contribution in [0.1, 0.15) is 12.5 Å². The van der Waals surface area contributed by atoms with Crippen molar-refractivity contribution >= 4 is 29.2 Å². The highest BCUT2D eigenvalue weighted by molar-refractivity contribution is 6.42. The molecule has 1 rings (SSSR count). The Morgan fingerprint density at radius 1 is 1.44 bits per heavy atom. The first-order valence-electron chi connectivity index (χ1n) is 4.90. The molecule has 2 N–H and O–H groups in total. The van der Waals surface area contributed by atoms with Crippen molar-refractivity contribution in [1.82, 2.24) is 0 Å². The lowest BCUT2D eigenvalue weighted by molar-refractivity contribution is -0.144. The van der Waals surface area contributed by atoms with E-state index in [1.165, 1.54) is 0 Å². The molecule has 0 spiro atoms. The molecule has 0 aromatic heterocycles. The first kappa shape index (κ1) is 13.3. The van der Waals surface area contributed by atoms with Crippen molar-refractivity contribution in [2.24, 2.45) is 5.73 Å². The van der Waals surface area contributed by atoms with Crippen molar-refractivity contribution in [3.63, 3.8) is 0 Å². The Balaban J connectivity index is 2.66. The predicted molar refractivity (Wildman–Crippen MR) is 64.8 cm³/mol. The van der Waals surface area contributed by atoms with Crippen LogP contribution in [0.4, 0.5) is 0 Å². The van der Waals surface area contributed by atoms with Gasteiger partial charge in [0.1, 0.15) is 6.04 Å². The lowest BCUT2D eigenvalue weighted by Crippen LogP contribution is -2.34. The van der Waals surface area contributed by atoms with Crippen molar-refractivity contribution in [3.05, 3.63) is 33.8 Å². The number of nitrogens with two attached hydrogens (primary N) is 1. The smallest absolute Gasteiger partial charge is 0.323 e. The molecule has 3 nitrogen and oxygen atoms in total. The number of ether oxygens (including phenoxy) is 1. The van der Waals surface area contributed by atoms with Crippen molar-refractivity contribution < 1.29 is 9.53 Å². The van der Waals surface area contributed by atoms with Crippen LogP contribution in [-0.2, 0) is 16.0 Å². The zero-order chi connectivity index (χ0) is 12.1. The first-order chi connectivity index (χ1) is 7.54. The summed E-state index contributed by atoms with van der Waals surface area (Å²) < 4.78 is 4.81. The summed E-state index contributed by atoms with van der Waals surface area (Å²) in [4.78, 5) is 11.3. The fourth-order valence-corrected chi connectivity index (χ4v) is 1.57. The minimum atomic E-state index is -0.669. The third-order valence-electron chi connectivity index (χ3n) is 2.03. The Bertz CT molecular complexity index is 382. The van der Waals surface area contributed by atoms with Gasteiger partial charge in [0.05, 0.1) is 16.7 Å². The van der Waals surface area contributed by atoms with E-state index in [-0.39, 0.29) is 0 Å². The van der Waals surface area contributed by atoms with Gasteiger partial charge in [-0.05, 0) is 31.0 Å². The van der Waals surface area contributed by atoms with Gasteiger partial charge in [-0.15, -0.1) is 0 Å². The monoisotopic (exact) mass is 261 g/mol. The molecule has 1 aromatic rings. The van der Waals surface area contributed by atoms with Gasteiger partial charge in [-0.25, -0.2) is 0 Å². The Morgan fingerprint density at radius 2 is 2.12 bits per heavy atom. The van der Waals surface area contributed by atoms with Gasteiger partial charge in [0.15, 0.2) is 0 Å². The molecule has 0 fully saturated rings. The molecule has 5 heteroatoms. The molecular formula is C11H13Cl2NO2. The lowest BCUT2D eigenvalue weighted by Gasteiger charge is -2.10. The third kappa shape index (κ3) is 3.67. The van der Waals surface area contributed by atoms with Crippen LogP contribution in [0.5, 0.6) is 0 Å². The Hall–Kier alpha value is -0.770. The predicted octanol–water partition coefficient (Wildman–Crippen LogP) is 2.43. The number of carbonyl (C=O) groups excluding carboxylic acids is 1. The van der Waals surface area contributed by atoms with Crippen LogP contribution in [-0.4, -0.2) is 18.6 Å². The summed E-state index contributed by atoms with van der Waals surface area (Å²) in [5, 5.41) is 0.936. The van der Waals surface area contributed by atoms with Crippen molar-refractivity contribution in [2.75, 3.05) is 6.61 Å². The molecule has 1 aromatic carbocycles. The maximum atomic E-state index is 11.3. The molecule has 0 unspecified atom stereocenters. The number of halogens is 2. The summed E-state index contributed by atoms with van der Waals surface area (Å²) in [6.45, 7) is 2.07. The van der Waals surface area contributed by atoms with Gasteiger partial charge in [0.2, 0.25) is 0 Å². The minimum Gasteiger partial charge on any atom is -0.465 e. The van der Waals surface area contributed by atoms with Crippen LogP contribution in [0.3, 0.4) is 0 Å². The van der Waals surface area contributed by atoms with Crippen LogP contribution in [0.15, 0.2) is 18.2 Å². The second-order valence-electron chi connectivity index (χ2n) is 3.31. The SMILES string of the molecule is CCOC(=O)[C@@H](N)Cc1ccc(Cl)c(Cl)c1. The molecule has 0 saturated carbocycles. The number of carbonyl (C=O) groups is 1. The number of esters is 1. The molecule has 0 amide bonds. The summed E-state index contributed by atoms with van der Waals surface area (Å²) in [5.74, 6) is -0.409. The molecule has 0 radical (unpaired) electrons. The molecule has 0 aliphatic carbocycles. The molecule has 0 saturated heterocycles. The summed E-state index contributed by atoms with van der Waals surface area (Å²) in [7, 11) is 0. The van der Waals surface area contributed by atoms with Crippen molar-refractivity contribution in [2.45, 2.75) is 19.4 Å². The van der Waals surface area contributed by atoms with Gasteiger partial charge in [-0.1, -0.05) is 29.3 Å². The lowest BCUT2D eigenvalue weighted by atomic mass is 10.1.